The van der Waals surface area contributed by atoms with Crippen LogP contribution >= 0.6 is 0 Å². The van der Waals surface area contributed by atoms with Gasteiger partial charge in [0.2, 0.25) is 5.60 Å². The highest BCUT2D eigenvalue weighted by Crippen LogP contribution is 2.32. The fourth-order valence-corrected chi connectivity index (χ4v) is 3.46. The van der Waals surface area contributed by atoms with E-state index in [9.17, 15) is 9.90 Å². The highest BCUT2D eigenvalue weighted by molar-refractivity contribution is 5.85. The van der Waals surface area contributed by atoms with E-state index in [1.165, 1.54) is 0 Å². The van der Waals surface area contributed by atoms with Crippen molar-refractivity contribution in [3.8, 4) is 0 Å². The van der Waals surface area contributed by atoms with E-state index in [0.717, 1.165) is 11.0 Å². The largest absolute Gasteiger partial charge is 1.00 e. The molecule has 0 spiro atoms. The summed E-state index contributed by atoms with van der Waals surface area (Å²) >= 11 is 0. The summed E-state index contributed by atoms with van der Waals surface area (Å²) in [6, 6.07) is 17.9. The van der Waals surface area contributed by atoms with E-state index in [1.54, 1.807) is 48.5 Å². The van der Waals surface area contributed by atoms with Gasteiger partial charge in [-0.05, 0) is 11.1 Å². The number of rotatable bonds is 7. The van der Waals surface area contributed by atoms with Crippen LogP contribution in [0.4, 0.5) is 0 Å². The maximum atomic E-state index is 13.0. The molecule has 2 aromatic rings. The minimum absolute atomic E-state index is 0. The molecule has 0 unspecified atom stereocenters. The summed E-state index contributed by atoms with van der Waals surface area (Å²) in [6.07, 6.45) is 0. The third-order valence-corrected chi connectivity index (χ3v) is 4.17. The minimum Gasteiger partial charge on any atom is -1.00 e. The molecule has 0 aliphatic rings. The van der Waals surface area contributed by atoms with Crippen LogP contribution in [0, 0.1) is 5.41 Å². The number of quaternary nitrogens is 1. The molecule has 0 fully saturated rings. The number of carbonyl (C=O) groups excluding carboxylic acids is 1. The molecule has 0 aromatic heterocycles. The van der Waals surface area contributed by atoms with Crippen LogP contribution in [0.5, 0.6) is 0 Å². The highest BCUT2D eigenvalue weighted by atomic mass is 127. The van der Waals surface area contributed by atoms with Crippen molar-refractivity contribution in [1.29, 1.82) is 0 Å². The fraction of sp³-hybridized carbons (Fsp3) is 0.409. The summed E-state index contributed by atoms with van der Waals surface area (Å²) in [5, 5.41) is 11.4. The lowest BCUT2D eigenvalue weighted by Gasteiger charge is -2.35. The van der Waals surface area contributed by atoms with Gasteiger partial charge in [0.1, 0.15) is 6.61 Å². The van der Waals surface area contributed by atoms with Crippen LogP contribution in [0.3, 0.4) is 0 Å². The topological polar surface area (TPSA) is 46.5 Å². The Hall–Kier alpha value is -1.44. The van der Waals surface area contributed by atoms with Gasteiger partial charge in [0.05, 0.1) is 27.7 Å². The van der Waals surface area contributed by atoms with Crippen molar-refractivity contribution in [2.24, 2.45) is 5.41 Å². The number of esters is 1. The maximum Gasteiger partial charge on any atom is 0.347 e. The second-order valence-corrected chi connectivity index (χ2v) is 8.63. The Labute approximate surface area is 179 Å². The van der Waals surface area contributed by atoms with E-state index in [-0.39, 0.29) is 36.0 Å². The molecule has 2 rings (SSSR count). The number of benzene rings is 2. The van der Waals surface area contributed by atoms with Crippen molar-refractivity contribution in [3.63, 3.8) is 0 Å². The zero-order chi connectivity index (χ0) is 19.4. The van der Waals surface area contributed by atoms with E-state index < -0.39 is 11.6 Å². The summed E-state index contributed by atoms with van der Waals surface area (Å²) < 4.78 is 6.40. The molecule has 0 radical (unpaired) electrons. The molecule has 0 heterocycles. The molecule has 148 valence electrons. The lowest BCUT2D eigenvalue weighted by molar-refractivity contribution is -0.877. The number of aliphatic hydroxyl groups is 1. The predicted molar refractivity (Wildman–Crippen MR) is 104 cm³/mol. The summed E-state index contributed by atoms with van der Waals surface area (Å²) in [6.45, 7) is 5.21. The Balaban J connectivity index is 0.00000364. The molecule has 0 aliphatic carbocycles. The van der Waals surface area contributed by atoms with Crippen LogP contribution in [0.2, 0.25) is 0 Å². The van der Waals surface area contributed by atoms with Gasteiger partial charge >= 0.3 is 5.97 Å². The smallest absolute Gasteiger partial charge is 0.347 e. The average molecular weight is 483 g/mol. The standard InChI is InChI=1S/C22H30NO3.HI/c1-21(2,16-23(3,4)5)17-26-20(24)22(25,18-12-8-6-9-13-18)19-14-10-7-11-15-19;/h6-15,25H,16-17H2,1-5H3;1H/q+1;/p-1. The van der Waals surface area contributed by atoms with Gasteiger partial charge in [-0.3, -0.25) is 0 Å². The highest BCUT2D eigenvalue weighted by Gasteiger charge is 2.42. The first kappa shape index (κ1) is 23.6. The number of hydrogen-bond acceptors (Lipinski definition) is 3. The van der Waals surface area contributed by atoms with E-state index in [4.69, 9.17) is 4.74 Å². The molecule has 5 heteroatoms. The molecule has 0 amide bonds. The van der Waals surface area contributed by atoms with Gasteiger partial charge in [0.25, 0.3) is 0 Å². The summed E-state index contributed by atoms with van der Waals surface area (Å²) in [5.41, 5.74) is -1.03. The number of hydrogen-bond donors (Lipinski definition) is 1. The summed E-state index contributed by atoms with van der Waals surface area (Å²) in [4.78, 5) is 13.0. The summed E-state index contributed by atoms with van der Waals surface area (Å²) in [5.74, 6) is -0.649. The number of nitrogens with zero attached hydrogens (tertiary/aromatic N) is 1. The fourth-order valence-electron chi connectivity index (χ4n) is 3.46. The molecule has 0 saturated heterocycles. The summed E-state index contributed by atoms with van der Waals surface area (Å²) in [7, 11) is 6.32. The molecular formula is C22H30INO3. The van der Waals surface area contributed by atoms with E-state index >= 15 is 0 Å². The van der Waals surface area contributed by atoms with Gasteiger partial charge in [-0.1, -0.05) is 74.5 Å². The first-order chi connectivity index (χ1) is 12.0. The van der Waals surface area contributed by atoms with E-state index in [0.29, 0.717) is 11.1 Å². The number of halogens is 1. The normalized spacial score (nSPS) is 12.2. The van der Waals surface area contributed by atoms with Crippen molar-refractivity contribution in [2.75, 3.05) is 34.3 Å². The lowest BCUT2D eigenvalue weighted by Crippen LogP contribution is -3.00. The molecule has 0 bridgehead atoms. The zero-order valence-electron chi connectivity index (χ0n) is 16.8. The van der Waals surface area contributed by atoms with Gasteiger partial charge in [-0.2, -0.15) is 0 Å². The molecule has 2 aromatic carbocycles. The number of ether oxygens (including phenoxy) is 1. The Morgan fingerprint density at radius 2 is 1.33 bits per heavy atom. The van der Waals surface area contributed by atoms with Crippen LogP contribution < -0.4 is 24.0 Å². The Morgan fingerprint density at radius 3 is 1.70 bits per heavy atom. The monoisotopic (exact) mass is 483 g/mol. The van der Waals surface area contributed by atoms with Crippen molar-refractivity contribution < 1.29 is 43.1 Å². The van der Waals surface area contributed by atoms with Crippen LogP contribution in [0.25, 0.3) is 0 Å². The molecule has 4 nitrogen and oxygen atoms in total. The van der Waals surface area contributed by atoms with Crippen LogP contribution in [0.1, 0.15) is 25.0 Å². The second-order valence-electron chi connectivity index (χ2n) is 8.63. The Morgan fingerprint density at radius 1 is 0.926 bits per heavy atom. The van der Waals surface area contributed by atoms with Crippen molar-refractivity contribution in [3.05, 3.63) is 71.8 Å². The van der Waals surface area contributed by atoms with Gasteiger partial charge in [0.15, 0.2) is 0 Å². The SMILES string of the molecule is CC(C)(COC(=O)C(O)(c1ccccc1)c1ccccc1)C[N+](C)(C)C.[I-]. The van der Waals surface area contributed by atoms with Gasteiger partial charge in [0, 0.05) is 5.41 Å². The number of carbonyl (C=O) groups is 1. The molecule has 0 atom stereocenters. The second kappa shape index (κ2) is 9.17. The van der Waals surface area contributed by atoms with Crippen molar-refractivity contribution >= 4 is 5.97 Å². The molecular weight excluding hydrogens is 453 g/mol. The maximum absolute atomic E-state index is 13.0. The van der Waals surface area contributed by atoms with Gasteiger partial charge in [-0.15, -0.1) is 0 Å². The zero-order valence-corrected chi connectivity index (χ0v) is 18.9. The third kappa shape index (κ3) is 6.30. The molecule has 0 saturated carbocycles. The first-order valence-electron chi connectivity index (χ1n) is 8.86. The predicted octanol–water partition coefficient (Wildman–Crippen LogP) is 0.202. The lowest BCUT2D eigenvalue weighted by atomic mass is 9.86. The van der Waals surface area contributed by atoms with E-state index in [1.807, 2.05) is 12.1 Å². The van der Waals surface area contributed by atoms with Gasteiger partial charge in [-0.25, -0.2) is 4.79 Å². The quantitative estimate of drug-likeness (QED) is 0.348. The van der Waals surface area contributed by atoms with Crippen molar-refractivity contribution in [2.45, 2.75) is 19.4 Å². The van der Waals surface area contributed by atoms with Crippen LogP contribution in [-0.2, 0) is 15.1 Å². The Kier molecular flexibility index (Phi) is 8.01. The first-order valence-corrected chi connectivity index (χ1v) is 8.86. The van der Waals surface area contributed by atoms with Gasteiger partial charge < -0.3 is 38.3 Å². The van der Waals surface area contributed by atoms with Crippen molar-refractivity contribution in [1.82, 2.24) is 0 Å². The molecule has 0 aliphatic heterocycles. The molecule has 27 heavy (non-hydrogen) atoms. The van der Waals surface area contributed by atoms with Crippen LogP contribution in [0.15, 0.2) is 60.7 Å². The minimum atomic E-state index is -1.82. The van der Waals surface area contributed by atoms with Crippen LogP contribution in [-0.4, -0.2) is 49.9 Å². The Bertz CT molecular complexity index is 685. The molecule has 1 N–H and O–H groups in total. The van der Waals surface area contributed by atoms with E-state index in [2.05, 4.69) is 35.0 Å². The third-order valence-electron chi connectivity index (χ3n) is 4.17. The average Bonchev–Trinajstić information content (AvgIpc) is 2.58.